The molecule has 0 aliphatic carbocycles. The Morgan fingerprint density at radius 2 is 1.93 bits per heavy atom. The van der Waals surface area contributed by atoms with E-state index >= 15 is 0 Å². The largest absolute Gasteiger partial charge is 0.444 e. The second kappa shape index (κ2) is 13.5. The lowest BCUT2D eigenvalue weighted by atomic mass is 9.96. The zero-order valence-corrected chi connectivity index (χ0v) is 20.9. The number of aliphatic hydroxyl groups is 1. The van der Waals surface area contributed by atoms with Crippen molar-refractivity contribution >= 4 is 36.0 Å². The van der Waals surface area contributed by atoms with Crippen LogP contribution in [-0.2, 0) is 4.74 Å². The molecule has 0 aromatic carbocycles. The van der Waals surface area contributed by atoms with E-state index in [-0.39, 0.29) is 42.6 Å². The molecule has 1 unspecified atom stereocenters. The van der Waals surface area contributed by atoms with Gasteiger partial charge in [-0.1, -0.05) is 6.92 Å². The number of aliphatic imine (C=N–C) groups is 1. The second-order valence-electron chi connectivity index (χ2n) is 8.43. The van der Waals surface area contributed by atoms with Crippen LogP contribution >= 0.6 is 24.0 Å². The number of nitrogens with zero attached hydrogens (tertiary/aromatic N) is 3. The molecular formula is C20H41IN4O3. The summed E-state index contributed by atoms with van der Waals surface area (Å²) in [5, 5.41) is 12.6. The van der Waals surface area contributed by atoms with Crippen molar-refractivity contribution < 1.29 is 14.6 Å². The number of hydrogen-bond donors (Lipinski definition) is 2. The Hall–Kier alpha value is -0.770. The van der Waals surface area contributed by atoms with Crippen molar-refractivity contribution in [2.24, 2.45) is 16.8 Å². The molecule has 8 heteroatoms. The molecule has 0 spiro atoms. The summed E-state index contributed by atoms with van der Waals surface area (Å²) in [4.78, 5) is 21.1. The number of carbonyl (C=O) groups excluding carboxylic acids is 1. The van der Waals surface area contributed by atoms with Crippen LogP contribution in [0.4, 0.5) is 4.79 Å². The quantitative estimate of drug-likeness (QED) is 0.312. The van der Waals surface area contributed by atoms with Crippen molar-refractivity contribution in [3.63, 3.8) is 0 Å². The lowest BCUT2D eigenvalue weighted by Crippen LogP contribution is -2.48. The van der Waals surface area contributed by atoms with Crippen LogP contribution in [0.3, 0.4) is 0 Å². The fourth-order valence-corrected chi connectivity index (χ4v) is 3.02. The van der Waals surface area contributed by atoms with Crippen LogP contribution in [0, 0.1) is 11.8 Å². The Balaban J connectivity index is 0.00000729. The summed E-state index contributed by atoms with van der Waals surface area (Å²) in [6, 6.07) is 0. The number of guanidine groups is 1. The van der Waals surface area contributed by atoms with Gasteiger partial charge in [-0.3, -0.25) is 4.99 Å². The summed E-state index contributed by atoms with van der Waals surface area (Å²) in [6.07, 6.45) is 1.83. The Bertz CT molecular complexity index is 475. The van der Waals surface area contributed by atoms with E-state index in [1.165, 1.54) is 0 Å². The number of aliphatic hydroxyl groups excluding tert-OH is 1. The van der Waals surface area contributed by atoms with Gasteiger partial charge in [-0.25, -0.2) is 4.79 Å². The lowest BCUT2D eigenvalue weighted by molar-refractivity contribution is 0.0214. The van der Waals surface area contributed by atoms with Crippen molar-refractivity contribution in [3.8, 4) is 0 Å². The molecule has 2 N–H and O–H groups in total. The minimum atomic E-state index is -0.462. The summed E-state index contributed by atoms with van der Waals surface area (Å²) >= 11 is 0. The van der Waals surface area contributed by atoms with Crippen LogP contribution in [0.2, 0.25) is 0 Å². The van der Waals surface area contributed by atoms with Gasteiger partial charge >= 0.3 is 6.09 Å². The Morgan fingerprint density at radius 3 is 2.39 bits per heavy atom. The summed E-state index contributed by atoms with van der Waals surface area (Å²) in [7, 11) is 0. The number of rotatable bonds is 7. The number of likely N-dealkylation sites (tertiary alicyclic amines) is 1. The highest BCUT2D eigenvalue weighted by molar-refractivity contribution is 14.0. The molecule has 1 rings (SSSR count). The van der Waals surface area contributed by atoms with E-state index in [2.05, 4.69) is 22.1 Å². The molecule has 1 fully saturated rings. The van der Waals surface area contributed by atoms with Crippen molar-refractivity contribution in [1.82, 2.24) is 15.1 Å². The van der Waals surface area contributed by atoms with Crippen LogP contribution in [0.1, 0.15) is 54.4 Å². The third-order valence-corrected chi connectivity index (χ3v) is 4.63. The number of amides is 1. The van der Waals surface area contributed by atoms with Gasteiger partial charge in [-0.2, -0.15) is 0 Å². The van der Waals surface area contributed by atoms with Crippen LogP contribution in [0.15, 0.2) is 4.99 Å². The molecule has 1 amide bonds. The molecule has 1 atom stereocenters. The van der Waals surface area contributed by atoms with Gasteiger partial charge in [-0.05, 0) is 59.3 Å². The molecule has 1 aliphatic heterocycles. The molecule has 0 aromatic rings. The molecule has 0 bridgehead atoms. The maximum absolute atomic E-state index is 12.3. The van der Waals surface area contributed by atoms with Gasteiger partial charge in [0.05, 0.1) is 0 Å². The molecule has 0 saturated carbocycles. The summed E-state index contributed by atoms with van der Waals surface area (Å²) in [5.74, 6) is 1.58. The Kier molecular flexibility index (Phi) is 13.1. The molecule has 7 nitrogen and oxygen atoms in total. The van der Waals surface area contributed by atoms with Crippen molar-refractivity contribution in [3.05, 3.63) is 0 Å². The van der Waals surface area contributed by atoms with E-state index in [1.807, 2.05) is 39.5 Å². The van der Waals surface area contributed by atoms with Crippen LogP contribution in [0.25, 0.3) is 0 Å². The highest BCUT2D eigenvalue weighted by Gasteiger charge is 2.27. The maximum atomic E-state index is 12.3. The predicted molar refractivity (Wildman–Crippen MR) is 125 cm³/mol. The van der Waals surface area contributed by atoms with Gasteiger partial charge in [0.25, 0.3) is 0 Å². The number of carbonyl (C=O) groups is 1. The van der Waals surface area contributed by atoms with E-state index in [9.17, 15) is 9.90 Å². The average molecular weight is 512 g/mol. The van der Waals surface area contributed by atoms with Gasteiger partial charge in [-0.15, -0.1) is 24.0 Å². The first-order chi connectivity index (χ1) is 12.7. The Morgan fingerprint density at radius 1 is 1.32 bits per heavy atom. The van der Waals surface area contributed by atoms with E-state index in [4.69, 9.17) is 4.74 Å². The molecular weight excluding hydrogens is 471 g/mol. The maximum Gasteiger partial charge on any atom is 0.410 e. The summed E-state index contributed by atoms with van der Waals surface area (Å²) in [5.41, 5.74) is -0.462. The van der Waals surface area contributed by atoms with Gasteiger partial charge in [0.15, 0.2) is 5.96 Å². The normalized spacial score (nSPS) is 17.0. The molecule has 166 valence electrons. The standard InChI is InChI=1S/C20H40N4O3.HI/c1-7-21-18(22-13-16(3)15-25)24-11-9-17(10-12-24)14-23(8-2)19(26)27-20(4,5)6;/h16-17,25H,7-15H2,1-6H3,(H,21,22);1H. The third-order valence-electron chi connectivity index (χ3n) is 4.63. The molecule has 1 aliphatic rings. The average Bonchev–Trinajstić information content (AvgIpc) is 2.61. The highest BCUT2D eigenvalue weighted by Crippen LogP contribution is 2.20. The number of hydrogen-bond acceptors (Lipinski definition) is 4. The van der Waals surface area contributed by atoms with Crippen LogP contribution < -0.4 is 5.32 Å². The van der Waals surface area contributed by atoms with E-state index in [0.717, 1.165) is 45.0 Å². The minimum Gasteiger partial charge on any atom is -0.444 e. The molecule has 28 heavy (non-hydrogen) atoms. The molecule has 0 radical (unpaired) electrons. The van der Waals surface area contributed by atoms with Gasteiger partial charge < -0.3 is 25.0 Å². The lowest BCUT2D eigenvalue weighted by Gasteiger charge is -2.36. The SMILES string of the molecule is CCNC(=NCC(C)CO)N1CCC(CN(CC)C(=O)OC(C)(C)C)CC1.I. The second-order valence-corrected chi connectivity index (χ2v) is 8.43. The fraction of sp³-hybridized carbons (Fsp3) is 0.900. The fourth-order valence-electron chi connectivity index (χ4n) is 3.02. The van der Waals surface area contributed by atoms with Gasteiger partial charge in [0.1, 0.15) is 5.60 Å². The van der Waals surface area contributed by atoms with Crippen LogP contribution in [0.5, 0.6) is 0 Å². The zero-order chi connectivity index (χ0) is 20.4. The predicted octanol–water partition coefficient (Wildman–Crippen LogP) is 3.17. The zero-order valence-electron chi connectivity index (χ0n) is 18.5. The number of ether oxygens (including phenoxy) is 1. The highest BCUT2D eigenvalue weighted by atomic mass is 127. The summed E-state index contributed by atoms with van der Waals surface area (Å²) < 4.78 is 5.52. The first-order valence-corrected chi connectivity index (χ1v) is 10.3. The van der Waals surface area contributed by atoms with Crippen LogP contribution in [-0.4, -0.2) is 78.4 Å². The number of piperidine rings is 1. The molecule has 1 heterocycles. The number of nitrogens with one attached hydrogen (secondary N) is 1. The number of halogens is 1. The molecule has 0 aromatic heterocycles. The topological polar surface area (TPSA) is 77.4 Å². The van der Waals surface area contributed by atoms with Crippen molar-refractivity contribution in [2.45, 2.75) is 60.0 Å². The monoisotopic (exact) mass is 512 g/mol. The van der Waals surface area contributed by atoms with Gasteiger partial charge in [0, 0.05) is 45.9 Å². The smallest absolute Gasteiger partial charge is 0.410 e. The van der Waals surface area contributed by atoms with E-state index in [0.29, 0.717) is 19.0 Å². The summed E-state index contributed by atoms with van der Waals surface area (Å²) in [6.45, 7) is 16.6. The van der Waals surface area contributed by atoms with E-state index in [1.54, 1.807) is 0 Å². The Labute approximate surface area is 188 Å². The van der Waals surface area contributed by atoms with Gasteiger partial charge in [0.2, 0.25) is 0 Å². The first-order valence-electron chi connectivity index (χ1n) is 10.3. The van der Waals surface area contributed by atoms with Crippen molar-refractivity contribution in [1.29, 1.82) is 0 Å². The first kappa shape index (κ1) is 27.2. The van der Waals surface area contributed by atoms with E-state index < -0.39 is 5.60 Å². The minimum absolute atomic E-state index is 0. The molecule has 1 saturated heterocycles. The van der Waals surface area contributed by atoms with Crippen molar-refractivity contribution in [2.75, 3.05) is 45.9 Å². The third kappa shape index (κ3) is 10.1.